The zero-order chi connectivity index (χ0) is 22.7. The minimum absolute atomic E-state index is 0.0488. The molecule has 4 nitrogen and oxygen atoms in total. The second-order valence-electron chi connectivity index (χ2n) is 9.40. The summed E-state index contributed by atoms with van der Waals surface area (Å²) in [5.74, 6) is 2.54. The Morgan fingerprint density at radius 3 is 2.62 bits per heavy atom. The topological polar surface area (TPSA) is 58.2 Å². The normalized spacial score (nSPS) is 22.5. The van der Waals surface area contributed by atoms with Crippen molar-refractivity contribution in [1.29, 1.82) is 0 Å². The number of carbonyl (C=O) groups is 2. The van der Waals surface area contributed by atoms with E-state index in [4.69, 9.17) is 0 Å². The van der Waals surface area contributed by atoms with Crippen LogP contribution < -0.4 is 10.6 Å². The Bertz CT molecular complexity index is 989. The van der Waals surface area contributed by atoms with E-state index in [0.717, 1.165) is 40.0 Å². The highest BCUT2D eigenvalue weighted by Crippen LogP contribution is 2.49. The highest BCUT2D eigenvalue weighted by atomic mass is 32.2. The molecule has 5 heteroatoms. The number of anilines is 1. The Hall–Kier alpha value is -2.27. The lowest BCUT2D eigenvalue weighted by molar-refractivity contribution is -0.119. The van der Waals surface area contributed by atoms with E-state index in [1.807, 2.05) is 49.4 Å². The van der Waals surface area contributed by atoms with Crippen molar-refractivity contribution in [3.8, 4) is 0 Å². The molecule has 0 heterocycles. The summed E-state index contributed by atoms with van der Waals surface area (Å²) in [6, 6.07) is 13.8. The standard InChI is InChI=1S/C27H34N2O2S/c1-4-20-9-7-8-17(2)26(20)29-27(31)22-10-5-6-11-24(22)32-16-25(30)28-18(3)23-15-19-12-13-21(23)14-19/h5-11,18-19,21,23H,4,12-16H2,1-3H3,(H,28,30)(H,29,31)/t18-,19-,21-,23+/m0/s1. The summed E-state index contributed by atoms with van der Waals surface area (Å²) in [6.45, 7) is 6.25. The van der Waals surface area contributed by atoms with Crippen molar-refractivity contribution >= 4 is 29.3 Å². The highest BCUT2D eigenvalue weighted by molar-refractivity contribution is 8.00. The second kappa shape index (κ2) is 10.1. The first-order valence-corrected chi connectivity index (χ1v) is 12.9. The van der Waals surface area contributed by atoms with E-state index in [2.05, 4.69) is 24.5 Å². The number of rotatable bonds is 8. The van der Waals surface area contributed by atoms with E-state index in [1.54, 1.807) is 0 Å². The quantitative estimate of drug-likeness (QED) is 0.497. The van der Waals surface area contributed by atoms with Gasteiger partial charge in [0.05, 0.1) is 11.3 Å². The summed E-state index contributed by atoms with van der Waals surface area (Å²) in [4.78, 5) is 26.6. The third-order valence-corrected chi connectivity index (χ3v) is 8.37. The van der Waals surface area contributed by atoms with Gasteiger partial charge in [-0.3, -0.25) is 9.59 Å². The maximum atomic E-state index is 13.1. The molecule has 0 aliphatic heterocycles. The molecule has 2 fully saturated rings. The summed E-state index contributed by atoms with van der Waals surface area (Å²) in [6.07, 6.45) is 6.17. The fourth-order valence-electron chi connectivity index (χ4n) is 5.62. The number of hydrogen-bond donors (Lipinski definition) is 2. The van der Waals surface area contributed by atoms with Crippen LogP contribution in [0.3, 0.4) is 0 Å². The van der Waals surface area contributed by atoms with Gasteiger partial charge in [0.25, 0.3) is 5.91 Å². The lowest BCUT2D eigenvalue weighted by Crippen LogP contribution is -2.40. The largest absolute Gasteiger partial charge is 0.353 e. The van der Waals surface area contributed by atoms with E-state index in [1.165, 1.54) is 37.4 Å². The Morgan fingerprint density at radius 2 is 1.91 bits per heavy atom. The van der Waals surface area contributed by atoms with Gasteiger partial charge in [-0.15, -0.1) is 11.8 Å². The minimum atomic E-state index is -0.132. The predicted octanol–water partition coefficient (Wildman–Crippen LogP) is 5.84. The molecule has 32 heavy (non-hydrogen) atoms. The van der Waals surface area contributed by atoms with Crippen molar-refractivity contribution in [2.24, 2.45) is 17.8 Å². The molecule has 0 spiro atoms. The summed E-state index contributed by atoms with van der Waals surface area (Å²) in [7, 11) is 0. The van der Waals surface area contributed by atoms with E-state index >= 15 is 0 Å². The van der Waals surface area contributed by atoms with Gasteiger partial charge in [0.1, 0.15) is 0 Å². The fourth-order valence-corrected chi connectivity index (χ4v) is 6.48. The average Bonchev–Trinajstić information content (AvgIpc) is 3.43. The van der Waals surface area contributed by atoms with Crippen molar-refractivity contribution in [2.75, 3.05) is 11.1 Å². The van der Waals surface area contributed by atoms with Crippen LogP contribution >= 0.6 is 11.8 Å². The summed E-state index contributed by atoms with van der Waals surface area (Å²) in [5.41, 5.74) is 3.67. The van der Waals surface area contributed by atoms with Crippen LogP contribution in [0.1, 0.15) is 61.0 Å². The number of benzene rings is 2. The average molecular weight is 451 g/mol. The van der Waals surface area contributed by atoms with Crippen LogP contribution in [-0.4, -0.2) is 23.6 Å². The molecular weight excluding hydrogens is 416 g/mol. The monoisotopic (exact) mass is 450 g/mol. The number of hydrogen-bond acceptors (Lipinski definition) is 3. The molecule has 0 unspecified atom stereocenters. The van der Waals surface area contributed by atoms with Crippen LogP contribution in [-0.2, 0) is 11.2 Å². The zero-order valence-corrected chi connectivity index (χ0v) is 20.1. The van der Waals surface area contributed by atoms with Gasteiger partial charge in [0.15, 0.2) is 0 Å². The Morgan fingerprint density at radius 1 is 1.09 bits per heavy atom. The molecule has 2 bridgehead atoms. The van der Waals surface area contributed by atoms with Crippen molar-refractivity contribution in [2.45, 2.75) is 63.8 Å². The summed E-state index contributed by atoms with van der Waals surface area (Å²) in [5, 5.41) is 6.33. The number of thioether (sulfide) groups is 1. The van der Waals surface area contributed by atoms with Crippen LogP contribution in [0.15, 0.2) is 47.4 Å². The number of aryl methyl sites for hydroxylation is 2. The molecule has 2 aliphatic carbocycles. The van der Waals surface area contributed by atoms with Crippen molar-refractivity contribution in [1.82, 2.24) is 5.32 Å². The van der Waals surface area contributed by atoms with Crippen LogP contribution in [0.25, 0.3) is 0 Å². The van der Waals surface area contributed by atoms with Gasteiger partial charge in [-0.25, -0.2) is 0 Å². The number of fused-ring (bicyclic) bond motifs is 2. The maximum Gasteiger partial charge on any atom is 0.256 e. The molecule has 2 aliphatic rings. The number of carbonyl (C=O) groups excluding carboxylic acids is 2. The molecule has 2 aromatic rings. The number of nitrogens with one attached hydrogen (secondary N) is 2. The summed E-state index contributed by atoms with van der Waals surface area (Å²) < 4.78 is 0. The zero-order valence-electron chi connectivity index (χ0n) is 19.3. The van der Waals surface area contributed by atoms with Gasteiger partial charge in [0, 0.05) is 16.6 Å². The molecule has 2 amide bonds. The van der Waals surface area contributed by atoms with Gasteiger partial charge in [0.2, 0.25) is 5.91 Å². The van der Waals surface area contributed by atoms with Crippen LogP contribution in [0.4, 0.5) is 5.69 Å². The first kappa shape index (κ1) is 22.9. The van der Waals surface area contributed by atoms with E-state index in [9.17, 15) is 9.59 Å². The first-order chi connectivity index (χ1) is 15.5. The van der Waals surface area contributed by atoms with E-state index in [-0.39, 0.29) is 17.9 Å². The lowest BCUT2D eigenvalue weighted by atomic mass is 9.84. The Balaban J connectivity index is 1.37. The fraction of sp³-hybridized carbons (Fsp3) is 0.481. The van der Waals surface area contributed by atoms with Crippen molar-refractivity contribution in [3.05, 3.63) is 59.2 Å². The Labute approximate surface area is 195 Å². The first-order valence-electron chi connectivity index (χ1n) is 11.9. The van der Waals surface area contributed by atoms with Gasteiger partial charge >= 0.3 is 0 Å². The maximum absolute atomic E-state index is 13.1. The van der Waals surface area contributed by atoms with Gasteiger partial charge in [-0.1, -0.05) is 43.7 Å². The van der Waals surface area contributed by atoms with Crippen molar-refractivity contribution < 1.29 is 9.59 Å². The smallest absolute Gasteiger partial charge is 0.256 e. The molecule has 2 N–H and O–H groups in total. The molecule has 2 saturated carbocycles. The third kappa shape index (κ3) is 5.03. The number of para-hydroxylation sites is 1. The molecule has 4 rings (SSSR count). The highest BCUT2D eigenvalue weighted by Gasteiger charge is 2.42. The van der Waals surface area contributed by atoms with Crippen LogP contribution in [0.2, 0.25) is 0 Å². The lowest BCUT2D eigenvalue weighted by Gasteiger charge is -2.28. The van der Waals surface area contributed by atoms with Gasteiger partial charge in [-0.05, 0) is 80.5 Å². The SMILES string of the molecule is CCc1cccc(C)c1NC(=O)c1ccccc1SCC(=O)N[C@@H](C)[C@H]1C[C@H]2CC[C@H]1C2. The molecular formula is C27H34N2O2S. The molecule has 0 radical (unpaired) electrons. The molecule has 2 aromatic carbocycles. The molecule has 4 atom stereocenters. The second-order valence-corrected chi connectivity index (χ2v) is 10.4. The van der Waals surface area contributed by atoms with E-state index < -0.39 is 0 Å². The Kier molecular flexibility index (Phi) is 7.24. The van der Waals surface area contributed by atoms with Crippen LogP contribution in [0, 0.1) is 24.7 Å². The van der Waals surface area contributed by atoms with Gasteiger partial charge < -0.3 is 10.6 Å². The predicted molar refractivity (Wildman–Crippen MR) is 132 cm³/mol. The summed E-state index contributed by atoms with van der Waals surface area (Å²) >= 11 is 1.44. The third-order valence-electron chi connectivity index (χ3n) is 7.29. The molecule has 170 valence electrons. The van der Waals surface area contributed by atoms with E-state index in [0.29, 0.717) is 17.2 Å². The molecule has 0 aromatic heterocycles. The van der Waals surface area contributed by atoms with Crippen molar-refractivity contribution in [3.63, 3.8) is 0 Å². The van der Waals surface area contributed by atoms with Crippen LogP contribution in [0.5, 0.6) is 0 Å². The number of amides is 2. The van der Waals surface area contributed by atoms with Gasteiger partial charge in [-0.2, -0.15) is 0 Å². The minimum Gasteiger partial charge on any atom is -0.353 e. The molecule has 0 saturated heterocycles.